The normalized spacial score (nSPS) is 11.8. The van der Waals surface area contributed by atoms with E-state index in [1.807, 2.05) is 65.1 Å². The van der Waals surface area contributed by atoms with Crippen LogP contribution in [0, 0.1) is 20.8 Å². The lowest BCUT2D eigenvalue weighted by atomic mass is 10.1. The van der Waals surface area contributed by atoms with Gasteiger partial charge in [-0.2, -0.15) is 0 Å². The van der Waals surface area contributed by atoms with Crippen molar-refractivity contribution >= 4 is 29.3 Å². The van der Waals surface area contributed by atoms with Gasteiger partial charge in [-0.3, -0.25) is 9.59 Å². The van der Waals surface area contributed by atoms with Gasteiger partial charge in [0.1, 0.15) is 0 Å². The van der Waals surface area contributed by atoms with Gasteiger partial charge in [-0.25, -0.2) is 0 Å². The van der Waals surface area contributed by atoms with Crippen LogP contribution in [0.4, 0.5) is 5.69 Å². The number of amides is 2. The fraction of sp³-hybridized carbons (Fsp3) is 0.304. The number of nitrogens with zero attached hydrogens (tertiary/aromatic N) is 3. The van der Waals surface area contributed by atoms with Crippen LogP contribution in [0.1, 0.15) is 45.8 Å². The van der Waals surface area contributed by atoms with Crippen molar-refractivity contribution in [3.63, 3.8) is 0 Å². The number of nitrogens with one attached hydrogen (secondary N) is 2. The van der Waals surface area contributed by atoms with Gasteiger partial charge in [0.2, 0.25) is 5.91 Å². The molecule has 162 valence electrons. The predicted octanol–water partition coefficient (Wildman–Crippen LogP) is 3.96. The van der Waals surface area contributed by atoms with Gasteiger partial charge in [-0.1, -0.05) is 41.6 Å². The topological polar surface area (TPSA) is 88.9 Å². The average molecular weight is 438 g/mol. The van der Waals surface area contributed by atoms with Gasteiger partial charge in [0, 0.05) is 18.3 Å². The summed E-state index contributed by atoms with van der Waals surface area (Å²) in [6.07, 6.45) is 0. The van der Waals surface area contributed by atoms with Gasteiger partial charge >= 0.3 is 0 Å². The SMILES string of the molecule is Cc1ccc(C(=O)N[C@@H](C)c2nnc(SCC(=O)Nc3cccc(C)c3C)n2C)cc1. The molecule has 0 spiro atoms. The summed E-state index contributed by atoms with van der Waals surface area (Å²) in [5.74, 6) is 0.559. The lowest BCUT2D eigenvalue weighted by molar-refractivity contribution is -0.113. The quantitative estimate of drug-likeness (QED) is 0.546. The van der Waals surface area contributed by atoms with Crippen molar-refractivity contribution < 1.29 is 9.59 Å². The van der Waals surface area contributed by atoms with E-state index in [9.17, 15) is 9.59 Å². The minimum Gasteiger partial charge on any atom is -0.342 e. The van der Waals surface area contributed by atoms with E-state index in [-0.39, 0.29) is 23.6 Å². The van der Waals surface area contributed by atoms with Crippen LogP contribution >= 0.6 is 11.8 Å². The Morgan fingerprint density at radius 1 is 1.06 bits per heavy atom. The first-order chi connectivity index (χ1) is 14.8. The Morgan fingerprint density at radius 3 is 2.48 bits per heavy atom. The molecule has 31 heavy (non-hydrogen) atoms. The van der Waals surface area contributed by atoms with Crippen LogP contribution in [-0.2, 0) is 11.8 Å². The number of rotatable bonds is 7. The van der Waals surface area contributed by atoms with Crippen LogP contribution in [0.2, 0.25) is 0 Å². The summed E-state index contributed by atoms with van der Waals surface area (Å²) in [5.41, 5.74) is 4.69. The molecule has 2 N–H and O–H groups in total. The fourth-order valence-corrected chi connectivity index (χ4v) is 3.80. The van der Waals surface area contributed by atoms with Crippen molar-refractivity contribution in [3.8, 4) is 0 Å². The number of benzene rings is 2. The maximum atomic E-state index is 12.5. The van der Waals surface area contributed by atoms with E-state index in [0.29, 0.717) is 16.5 Å². The third-order valence-electron chi connectivity index (χ3n) is 5.13. The summed E-state index contributed by atoms with van der Waals surface area (Å²) in [6.45, 7) is 7.84. The highest BCUT2D eigenvalue weighted by atomic mass is 32.2. The van der Waals surface area contributed by atoms with Crippen molar-refractivity contribution in [2.75, 3.05) is 11.1 Å². The molecule has 3 aromatic rings. The Morgan fingerprint density at radius 2 is 1.77 bits per heavy atom. The number of hydrogen-bond acceptors (Lipinski definition) is 5. The summed E-state index contributed by atoms with van der Waals surface area (Å²) in [5, 5.41) is 14.9. The lowest BCUT2D eigenvalue weighted by Crippen LogP contribution is -2.28. The first-order valence-corrected chi connectivity index (χ1v) is 11.0. The molecule has 0 aliphatic carbocycles. The number of hydrogen-bond donors (Lipinski definition) is 2. The van der Waals surface area contributed by atoms with Crippen molar-refractivity contribution in [2.45, 2.75) is 38.9 Å². The summed E-state index contributed by atoms with van der Waals surface area (Å²) in [6, 6.07) is 12.9. The lowest BCUT2D eigenvalue weighted by Gasteiger charge is -2.14. The Balaban J connectivity index is 1.59. The third kappa shape index (κ3) is 5.52. The third-order valence-corrected chi connectivity index (χ3v) is 6.15. The van der Waals surface area contributed by atoms with E-state index in [4.69, 9.17) is 0 Å². The van der Waals surface area contributed by atoms with Crippen LogP contribution in [-0.4, -0.2) is 32.3 Å². The van der Waals surface area contributed by atoms with Crippen molar-refractivity contribution in [1.82, 2.24) is 20.1 Å². The molecule has 1 aromatic heterocycles. The molecule has 0 fully saturated rings. The van der Waals surface area contributed by atoms with Crippen LogP contribution < -0.4 is 10.6 Å². The molecule has 0 saturated heterocycles. The molecule has 0 radical (unpaired) electrons. The van der Waals surface area contributed by atoms with Gasteiger partial charge in [0.25, 0.3) is 5.91 Å². The molecule has 1 atom stereocenters. The Labute approximate surface area is 186 Å². The molecule has 0 aliphatic heterocycles. The number of carbonyl (C=O) groups is 2. The first-order valence-electron chi connectivity index (χ1n) is 10.0. The van der Waals surface area contributed by atoms with Crippen LogP contribution in [0.25, 0.3) is 0 Å². The second-order valence-corrected chi connectivity index (χ2v) is 8.49. The fourth-order valence-electron chi connectivity index (χ4n) is 3.08. The monoisotopic (exact) mass is 437 g/mol. The first kappa shape index (κ1) is 22.6. The minimum atomic E-state index is -0.329. The second-order valence-electron chi connectivity index (χ2n) is 7.55. The number of aryl methyl sites for hydroxylation is 2. The molecule has 2 aromatic carbocycles. The number of anilines is 1. The summed E-state index contributed by atoms with van der Waals surface area (Å²) in [7, 11) is 1.83. The van der Waals surface area contributed by atoms with Gasteiger partial charge in [-0.15, -0.1) is 10.2 Å². The van der Waals surface area contributed by atoms with Gasteiger partial charge < -0.3 is 15.2 Å². The van der Waals surface area contributed by atoms with E-state index in [2.05, 4.69) is 20.8 Å². The zero-order chi connectivity index (χ0) is 22.5. The van der Waals surface area contributed by atoms with Gasteiger partial charge in [0.15, 0.2) is 11.0 Å². The van der Waals surface area contributed by atoms with Crippen LogP contribution in [0.15, 0.2) is 47.6 Å². The summed E-state index contributed by atoms with van der Waals surface area (Å²) < 4.78 is 1.80. The molecule has 0 unspecified atom stereocenters. The second kappa shape index (κ2) is 9.78. The molecule has 0 aliphatic rings. The minimum absolute atomic E-state index is 0.107. The van der Waals surface area contributed by atoms with Crippen molar-refractivity contribution in [1.29, 1.82) is 0 Å². The molecular formula is C23H27N5O2S. The summed E-state index contributed by atoms with van der Waals surface area (Å²) >= 11 is 1.30. The predicted molar refractivity (Wildman–Crippen MR) is 123 cm³/mol. The van der Waals surface area contributed by atoms with E-state index in [0.717, 1.165) is 22.4 Å². The molecule has 7 nitrogen and oxygen atoms in total. The molecule has 8 heteroatoms. The van der Waals surface area contributed by atoms with E-state index in [1.165, 1.54) is 11.8 Å². The number of carbonyl (C=O) groups excluding carboxylic acids is 2. The van der Waals surface area contributed by atoms with Crippen LogP contribution in [0.5, 0.6) is 0 Å². The zero-order valence-electron chi connectivity index (χ0n) is 18.4. The highest BCUT2D eigenvalue weighted by molar-refractivity contribution is 7.99. The molecule has 1 heterocycles. The van der Waals surface area contributed by atoms with Crippen LogP contribution in [0.3, 0.4) is 0 Å². The molecular weight excluding hydrogens is 410 g/mol. The number of thioether (sulfide) groups is 1. The summed E-state index contributed by atoms with van der Waals surface area (Å²) in [4.78, 5) is 24.9. The zero-order valence-corrected chi connectivity index (χ0v) is 19.2. The van der Waals surface area contributed by atoms with Crippen molar-refractivity contribution in [2.24, 2.45) is 7.05 Å². The number of aromatic nitrogens is 3. The Kier molecular flexibility index (Phi) is 7.12. The van der Waals surface area contributed by atoms with E-state index >= 15 is 0 Å². The van der Waals surface area contributed by atoms with Gasteiger partial charge in [-0.05, 0) is 57.0 Å². The van der Waals surface area contributed by atoms with Gasteiger partial charge in [0.05, 0.1) is 11.8 Å². The van der Waals surface area contributed by atoms with E-state index in [1.54, 1.807) is 16.7 Å². The smallest absolute Gasteiger partial charge is 0.251 e. The largest absolute Gasteiger partial charge is 0.342 e. The maximum absolute atomic E-state index is 12.5. The molecule has 2 amide bonds. The molecule has 3 rings (SSSR count). The highest BCUT2D eigenvalue weighted by Gasteiger charge is 2.19. The highest BCUT2D eigenvalue weighted by Crippen LogP contribution is 2.21. The van der Waals surface area contributed by atoms with Crippen molar-refractivity contribution in [3.05, 3.63) is 70.5 Å². The van der Waals surface area contributed by atoms with E-state index < -0.39 is 0 Å². The molecule has 0 saturated carbocycles. The standard InChI is InChI=1S/C23H27N5O2S/c1-14-9-11-18(12-10-14)22(30)24-17(4)21-26-27-23(28(21)5)31-13-20(29)25-19-8-6-7-15(2)16(19)3/h6-12,17H,13H2,1-5H3,(H,24,30)(H,25,29)/t17-/m0/s1. The average Bonchev–Trinajstić information content (AvgIpc) is 3.11. The Hall–Kier alpha value is -3.13. The maximum Gasteiger partial charge on any atom is 0.251 e. The Bertz CT molecular complexity index is 1090. The molecule has 0 bridgehead atoms.